The van der Waals surface area contributed by atoms with E-state index >= 15 is 0 Å². The van der Waals surface area contributed by atoms with Gasteiger partial charge < -0.3 is 10.0 Å². The molecule has 2 rings (SSSR count). The van der Waals surface area contributed by atoms with Crippen molar-refractivity contribution in [3.05, 3.63) is 30.1 Å². The third kappa shape index (κ3) is 1.90. The Morgan fingerprint density at radius 2 is 2.50 bits per heavy atom. The molecule has 14 heavy (non-hydrogen) atoms. The number of hydrogen-bond donors (Lipinski definition) is 1. The lowest BCUT2D eigenvalue weighted by Gasteiger charge is -2.14. The molecule has 1 aliphatic rings. The van der Waals surface area contributed by atoms with Gasteiger partial charge in [-0.1, -0.05) is 6.07 Å². The summed E-state index contributed by atoms with van der Waals surface area (Å²) in [6, 6.07) is 3.76. The maximum atomic E-state index is 11.3. The molecule has 1 amide bonds. The fourth-order valence-electron chi connectivity index (χ4n) is 1.62. The smallest absolute Gasteiger partial charge is 0.225 e. The summed E-state index contributed by atoms with van der Waals surface area (Å²) in [6.45, 7) is 0.984. The van der Waals surface area contributed by atoms with Gasteiger partial charge in [0.25, 0.3) is 0 Å². The molecule has 0 bridgehead atoms. The Morgan fingerprint density at radius 3 is 3.07 bits per heavy atom. The third-order valence-corrected chi connectivity index (χ3v) is 2.29. The largest absolute Gasteiger partial charge is 0.391 e. The third-order valence-electron chi connectivity index (χ3n) is 2.29. The standard InChI is InChI=1S/C10H12N2O2/c13-9-4-10(14)12(7-9)6-8-2-1-3-11-5-8/h1-3,5,9,13H,4,6-7H2. The first-order chi connectivity index (χ1) is 6.75. The number of hydrogen-bond acceptors (Lipinski definition) is 3. The Kier molecular flexibility index (Phi) is 2.45. The molecule has 0 aromatic carbocycles. The average Bonchev–Trinajstić information content (AvgIpc) is 2.47. The zero-order chi connectivity index (χ0) is 9.97. The van der Waals surface area contributed by atoms with Crippen LogP contribution in [0, 0.1) is 0 Å². The second-order valence-electron chi connectivity index (χ2n) is 3.49. The topological polar surface area (TPSA) is 53.4 Å². The van der Waals surface area contributed by atoms with Crippen LogP contribution in [-0.4, -0.2) is 33.5 Å². The van der Waals surface area contributed by atoms with Gasteiger partial charge in [-0.05, 0) is 11.6 Å². The van der Waals surface area contributed by atoms with Gasteiger partial charge in [-0.3, -0.25) is 9.78 Å². The lowest BCUT2D eigenvalue weighted by molar-refractivity contribution is -0.128. The second-order valence-corrected chi connectivity index (χ2v) is 3.49. The summed E-state index contributed by atoms with van der Waals surface area (Å²) in [5.74, 6) is 0.0151. The molecule has 1 aromatic heterocycles. The molecule has 1 unspecified atom stereocenters. The minimum absolute atomic E-state index is 0.0151. The molecule has 1 atom stereocenters. The van der Waals surface area contributed by atoms with Crippen LogP contribution in [0.1, 0.15) is 12.0 Å². The first-order valence-corrected chi connectivity index (χ1v) is 4.60. The van der Waals surface area contributed by atoms with Gasteiger partial charge in [0.2, 0.25) is 5.91 Å². The Labute approximate surface area is 82.2 Å². The van der Waals surface area contributed by atoms with E-state index in [0.717, 1.165) is 5.56 Å². The van der Waals surface area contributed by atoms with E-state index in [9.17, 15) is 9.90 Å². The normalized spacial score (nSPS) is 21.6. The van der Waals surface area contributed by atoms with Crippen molar-refractivity contribution in [1.82, 2.24) is 9.88 Å². The van der Waals surface area contributed by atoms with E-state index in [0.29, 0.717) is 13.1 Å². The maximum absolute atomic E-state index is 11.3. The van der Waals surface area contributed by atoms with Crippen LogP contribution in [0.15, 0.2) is 24.5 Å². The Hall–Kier alpha value is -1.42. The van der Waals surface area contributed by atoms with E-state index in [4.69, 9.17) is 0 Å². The Balaban J connectivity index is 2.02. The summed E-state index contributed by atoms with van der Waals surface area (Å²) >= 11 is 0. The van der Waals surface area contributed by atoms with Crippen molar-refractivity contribution in [1.29, 1.82) is 0 Å². The number of aliphatic hydroxyl groups excluding tert-OH is 1. The number of amides is 1. The molecule has 74 valence electrons. The van der Waals surface area contributed by atoms with E-state index in [2.05, 4.69) is 4.98 Å². The number of aliphatic hydroxyl groups is 1. The quantitative estimate of drug-likeness (QED) is 0.727. The molecule has 1 saturated heterocycles. The monoisotopic (exact) mass is 192 g/mol. The summed E-state index contributed by atoms with van der Waals surface area (Å²) in [5.41, 5.74) is 0.995. The summed E-state index contributed by atoms with van der Waals surface area (Å²) in [5, 5.41) is 9.27. The molecule has 0 spiro atoms. The highest BCUT2D eigenvalue weighted by atomic mass is 16.3. The van der Waals surface area contributed by atoms with Gasteiger partial charge in [0.05, 0.1) is 12.5 Å². The van der Waals surface area contributed by atoms with Gasteiger partial charge in [-0.15, -0.1) is 0 Å². The number of pyridine rings is 1. The number of likely N-dealkylation sites (tertiary alicyclic amines) is 1. The number of carbonyl (C=O) groups is 1. The van der Waals surface area contributed by atoms with Crippen molar-refractivity contribution in [2.24, 2.45) is 0 Å². The molecule has 0 radical (unpaired) electrons. The van der Waals surface area contributed by atoms with E-state index < -0.39 is 6.10 Å². The Bertz CT molecular complexity index is 326. The molecule has 1 aliphatic heterocycles. The van der Waals surface area contributed by atoms with Crippen LogP contribution >= 0.6 is 0 Å². The van der Waals surface area contributed by atoms with Crippen LogP contribution in [0.5, 0.6) is 0 Å². The molecular formula is C10H12N2O2. The number of nitrogens with zero attached hydrogens (tertiary/aromatic N) is 2. The Morgan fingerprint density at radius 1 is 1.64 bits per heavy atom. The van der Waals surface area contributed by atoms with Gasteiger partial charge >= 0.3 is 0 Å². The number of carbonyl (C=O) groups excluding carboxylic acids is 1. The molecule has 4 nitrogen and oxygen atoms in total. The van der Waals surface area contributed by atoms with E-state index in [1.54, 1.807) is 17.3 Å². The molecule has 2 heterocycles. The van der Waals surface area contributed by atoms with Crippen LogP contribution < -0.4 is 0 Å². The highest BCUT2D eigenvalue weighted by Gasteiger charge is 2.27. The first kappa shape index (κ1) is 9.15. The number of β-amino-alcohol motifs (C(OH)–C–C–N with tert-alkyl or cyclic N) is 1. The summed E-state index contributed by atoms with van der Waals surface area (Å²) < 4.78 is 0. The summed E-state index contributed by atoms with van der Waals surface area (Å²) in [7, 11) is 0. The van der Waals surface area contributed by atoms with Gasteiger partial charge in [-0.25, -0.2) is 0 Å². The maximum Gasteiger partial charge on any atom is 0.225 e. The lowest BCUT2D eigenvalue weighted by atomic mass is 10.3. The molecule has 1 N–H and O–H groups in total. The van der Waals surface area contributed by atoms with Crippen LogP contribution in [0.3, 0.4) is 0 Å². The molecule has 4 heteroatoms. The molecule has 0 aliphatic carbocycles. The van der Waals surface area contributed by atoms with E-state index in [-0.39, 0.29) is 12.3 Å². The second kappa shape index (κ2) is 3.75. The van der Waals surface area contributed by atoms with E-state index in [1.165, 1.54) is 0 Å². The zero-order valence-corrected chi connectivity index (χ0v) is 7.76. The van der Waals surface area contributed by atoms with Crippen LogP contribution in [0.4, 0.5) is 0 Å². The molecular weight excluding hydrogens is 180 g/mol. The SMILES string of the molecule is O=C1CC(O)CN1Cc1cccnc1. The zero-order valence-electron chi connectivity index (χ0n) is 7.76. The van der Waals surface area contributed by atoms with Crippen molar-refractivity contribution in [3.63, 3.8) is 0 Å². The number of rotatable bonds is 2. The molecule has 1 fully saturated rings. The van der Waals surface area contributed by atoms with Crippen LogP contribution in [0.25, 0.3) is 0 Å². The predicted molar refractivity (Wildman–Crippen MR) is 50.3 cm³/mol. The van der Waals surface area contributed by atoms with Crippen molar-refractivity contribution in [2.45, 2.75) is 19.1 Å². The van der Waals surface area contributed by atoms with Crippen molar-refractivity contribution in [2.75, 3.05) is 6.54 Å². The minimum Gasteiger partial charge on any atom is -0.391 e. The fourth-order valence-corrected chi connectivity index (χ4v) is 1.62. The lowest BCUT2D eigenvalue weighted by Crippen LogP contribution is -2.25. The van der Waals surface area contributed by atoms with Crippen LogP contribution in [0.2, 0.25) is 0 Å². The van der Waals surface area contributed by atoms with Gasteiger partial charge in [0.15, 0.2) is 0 Å². The van der Waals surface area contributed by atoms with Gasteiger partial charge in [-0.2, -0.15) is 0 Å². The molecule has 1 aromatic rings. The van der Waals surface area contributed by atoms with Crippen molar-refractivity contribution >= 4 is 5.91 Å². The van der Waals surface area contributed by atoms with Gasteiger partial charge in [0.1, 0.15) is 0 Å². The summed E-state index contributed by atoms with van der Waals surface area (Å²) in [4.78, 5) is 17.0. The highest BCUT2D eigenvalue weighted by molar-refractivity contribution is 5.78. The highest BCUT2D eigenvalue weighted by Crippen LogP contribution is 2.13. The fraction of sp³-hybridized carbons (Fsp3) is 0.400. The van der Waals surface area contributed by atoms with Crippen LogP contribution in [-0.2, 0) is 11.3 Å². The first-order valence-electron chi connectivity index (χ1n) is 4.60. The van der Waals surface area contributed by atoms with E-state index in [1.807, 2.05) is 12.1 Å². The average molecular weight is 192 g/mol. The summed E-state index contributed by atoms with van der Waals surface area (Å²) in [6.07, 6.45) is 3.18. The van der Waals surface area contributed by atoms with Crippen molar-refractivity contribution in [3.8, 4) is 0 Å². The predicted octanol–water partition coefficient (Wildman–Crippen LogP) is 0.175. The number of aromatic nitrogens is 1. The van der Waals surface area contributed by atoms with Gasteiger partial charge in [0, 0.05) is 25.5 Å². The minimum atomic E-state index is -0.501. The van der Waals surface area contributed by atoms with Crippen molar-refractivity contribution < 1.29 is 9.90 Å². The molecule has 0 saturated carbocycles.